The second-order valence-corrected chi connectivity index (χ2v) is 9.10. The third-order valence-electron chi connectivity index (χ3n) is 6.05. The minimum atomic E-state index is -4.67. The first-order valence-electron chi connectivity index (χ1n) is 11.3. The second-order valence-electron chi connectivity index (χ2n) is 9.10. The van der Waals surface area contributed by atoms with Gasteiger partial charge in [-0.15, -0.1) is 0 Å². The van der Waals surface area contributed by atoms with Crippen molar-refractivity contribution < 1.29 is 27.8 Å². The van der Waals surface area contributed by atoms with Gasteiger partial charge < -0.3 is 19.7 Å². The molecule has 8 nitrogen and oxygen atoms in total. The highest BCUT2D eigenvalue weighted by atomic mass is 19.4. The van der Waals surface area contributed by atoms with Crippen molar-refractivity contribution in [3.63, 3.8) is 0 Å². The quantitative estimate of drug-likeness (QED) is 0.550. The first kappa shape index (κ1) is 25.1. The molecule has 0 bridgehead atoms. The van der Waals surface area contributed by atoms with Crippen molar-refractivity contribution in [2.75, 3.05) is 38.2 Å². The van der Waals surface area contributed by atoms with E-state index in [2.05, 4.69) is 15.2 Å². The Labute approximate surface area is 200 Å². The van der Waals surface area contributed by atoms with Crippen molar-refractivity contribution >= 4 is 22.6 Å². The predicted octanol–water partition coefficient (Wildman–Crippen LogP) is 3.34. The van der Waals surface area contributed by atoms with E-state index in [1.54, 1.807) is 26.0 Å². The normalized spacial score (nSPS) is 15.5. The van der Waals surface area contributed by atoms with Crippen LogP contribution in [0.4, 0.5) is 18.9 Å². The van der Waals surface area contributed by atoms with Crippen molar-refractivity contribution in [3.8, 4) is 0 Å². The molecule has 0 aliphatic carbocycles. The fraction of sp³-hybridized carbons (Fsp3) is 0.458. The lowest BCUT2D eigenvalue weighted by Gasteiger charge is -2.26. The van der Waals surface area contributed by atoms with Crippen LogP contribution in [0.15, 0.2) is 30.3 Å². The van der Waals surface area contributed by atoms with Crippen LogP contribution < -0.4 is 5.32 Å². The average molecular weight is 492 g/mol. The van der Waals surface area contributed by atoms with Gasteiger partial charge >= 0.3 is 6.18 Å². The number of aliphatic hydroxyl groups is 1. The number of anilines is 1. The summed E-state index contributed by atoms with van der Waals surface area (Å²) in [5.74, 6) is 0.0341. The minimum Gasteiger partial charge on any atom is -0.386 e. The van der Waals surface area contributed by atoms with Crippen LogP contribution in [0, 0.1) is 0 Å². The molecule has 0 spiro atoms. The van der Waals surface area contributed by atoms with E-state index in [9.17, 15) is 23.1 Å². The molecule has 4 rings (SSSR count). The fourth-order valence-electron chi connectivity index (χ4n) is 4.11. The maximum Gasteiger partial charge on any atom is 0.433 e. The molecule has 2 N–H and O–H groups in total. The lowest BCUT2D eigenvalue weighted by atomic mass is 9.95. The molecule has 0 saturated carbocycles. The molecule has 1 aromatic carbocycles. The summed E-state index contributed by atoms with van der Waals surface area (Å²) in [6, 6.07) is 6.52. The number of pyridine rings is 1. The number of carbonyl (C=O) groups excluding carboxylic acids is 1. The molecule has 0 atom stereocenters. The Hall–Kier alpha value is -3.02. The van der Waals surface area contributed by atoms with Gasteiger partial charge in [0.25, 0.3) is 5.91 Å². The average Bonchev–Trinajstić information content (AvgIpc) is 3.11. The highest BCUT2D eigenvalue weighted by Crippen LogP contribution is 2.33. The van der Waals surface area contributed by atoms with Gasteiger partial charge in [-0.05, 0) is 38.1 Å². The van der Waals surface area contributed by atoms with E-state index in [0.29, 0.717) is 30.7 Å². The molecule has 1 amide bonds. The number of ether oxygens (including phenoxy) is 1. The van der Waals surface area contributed by atoms with E-state index >= 15 is 0 Å². The molecule has 2 aromatic heterocycles. The maximum absolute atomic E-state index is 13.0. The highest BCUT2D eigenvalue weighted by molar-refractivity contribution is 6.04. The molecule has 11 heteroatoms. The summed E-state index contributed by atoms with van der Waals surface area (Å²) in [6.45, 7) is 7.11. The highest BCUT2D eigenvalue weighted by Gasteiger charge is 2.33. The molecule has 1 saturated heterocycles. The molecule has 3 aromatic rings. The molecule has 0 unspecified atom stereocenters. The smallest absolute Gasteiger partial charge is 0.386 e. The summed E-state index contributed by atoms with van der Waals surface area (Å²) in [6.07, 6.45) is -3.96. The van der Waals surface area contributed by atoms with Gasteiger partial charge in [0.15, 0.2) is 0 Å². The zero-order chi connectivity index (χ0) is 25.4. The van der Waals surface area contributed by atoms with Gasteiger partial charge in [0.2, 0.25) is 0 Å². The summed E-state index contributed by atoms with van der Waals surface area (Å²) >= 11 is 0. The first-order valence-corrected chi connectivity index (χ1v) is 11.3. The van der Waals surface area contributed by atoms with Crippen molar-refractivity contribution in [3.05, 3.63) is 53.1 Å². The van der Waals surface area contributed by atoms with Crippen LogP contribution in [-0.4, -0.2) is 63.3 Å². The Bertz CT molecular complexity index is 1230. The Morgan fingerprint density at radius 2 is 1.89 bits per heavy atom. The number of alkyl halides is 3. The number of fused-ring (bicyclic) bond motifs is 1. The largest absolute Gasteiger partial charge is 0.433 e. The van der Waals surface area contributed by atoms with Gasteiger partial charge in [-0.1, -0.05) is 6.07 Å². The van der Waals surface area contributed by atoms with Crippen molar-refractivity contribution in [2.45, 2.75) is 32.0 Å². The van der Waals surface area contributed by atoms with E-state index in [1.165, 1.54) is 6.07 Å². The van der Waals surface area contributed by atoms with Crippen LogP contribution in [0.3, 0.4) is 0 Å². The van der Waals surface area contributed by atoms with E-state index in [1.807, 2.05) is 11.6 Å². The number of amides is 1. The third-order valence-corrected chi connectivity index (χ3v) is 6.05. The number of aryl methyl sites for hydroxylation is 1. The van der Waals surface area contributed by atoms with Crippen LogP contribution in [-0.2, 0) is 30.0 Å². The standard InChI is InChI=1S/C24H28F3N5O3/c1-23(2,34)15-13-18-19(31(3)21(29-18)7-8-32-9-11-35-12-10-32)14-17(15)30-22(33)16-5-4-6-20(28-16)24(25,26)27/h4-6,13-14,34H,7-12H2,1-3H3,(H,30,33). The molecule has 1 fully saturated rings. The van der Waals surface area contributed by atoms with Crippen LogP contribution in [0.2, 0.25) is 0 Å². The number of imidazole rings is 1. The number of rotatable bonds is 6. The maximum atomic E-state index is 13.0. The molecular formula is C24H28F3N5O3. The number of hydrogen-bond acceptors (Lipinski definition) is 6. The van der Waals surface area contributed by atoms with Gasteiger partial charge in [-0.3, -0.25) is 9.69 Å². The molecule has 188 valence electrons. The number of halogens is 3. The minimum absolute atomic E-state index is 0.275. The fourth-order valence-corrected chi connectivity index (χ4v) is 4.11. The van der Waals surface area contributed by atoms with Gasteiger partial charge in [0, 0.05) is 44.4 Å². The molecular weight excluding hydrogens is 463 g/mol. The summed E-state index contributed by atoms with van der Waals surface area (Å²) < 4.78 is 46.4. The Morgan fingerprint density at radius 1 is 1.17 bits per heavy atom. The van der Waals surface area contributed by atoms with Gasteiger partial charge in [0.05, 0.1) is 29.8 Å². The Balaban J connectivity index is 1.64. The molecule has 0 radical (unpaired) electrons. The van der Waals surface area contributed by atoms with E-state index in [-0.39, 0.29) is 11.4 Å². The zero-order valence-electron chi connectivity index (χ0n) is 19.8. The monoisotopic (exact) mass is 491 g/mol. The number of nitrogens with one attached hydrogen (secondary N) is 1. The lowest BCUT2D eigenvalue weighted by Crippen LogP contribution is -2.37. The predicted molar refractivity (Wildman–Crippen MR) is 124 cm³/mol. The molecule has 3 heterocycles. The first-order chi connectivity index (χ1) is 16.4. The van der Waals surface area contributed by atoms with Crippen LogP contribution in [0.5, 0.6) is 0 Å². The summed E-state index contributed by atoms with van der Waals surface area (Å²) in [7, 11) is 1.87. The molecule has 1 aliphatic heterocycles. The van der Waals surface area contributed by atoms with Gasteiger partial charge in [-0.2, -0.15) is 13.2 Å². The van der Waals surface area contributed by atoms with Crippen LogP contribution in [0.1, 0.15) is 41.4 Å². The SMILES string of the molecule is Cn1c(CCN2CCOCC2)nc2cc(C(C)(C)O)c(NC(=O)c3cccc(C(F)(F)F)n3)cc21. The molecule has 35 heavy (non-hydrogen) atoms. The van der Waals surface area contributed by atoms with E-state index in [4.69, 9.17) is 9.72 Å². The second kappa shape index (κ2) is 9.56. The van der Waals surface area contributed by atoms with Crippen LogP contribution >= 0.6 is 0 Å². The number of morpholine rings is 1. The Morgan fingerprint density at radius 3 is 2.54 bits per heavy atom. The van der Waals surface area contributed by atoms with E-state index < -0.39 is 23.4 Å². The van der Waals surface area contributed by atoms with Crippen LogP contribution in [0.25, 0.3) is 11.0 Å². The topological polar surface area (TPSA) is 92.5 Å². The lowest BCUT2D eigenvalue weighted by molar-refractivity contribution is -0.141. The van der Waals surface area contributed by atoms with Crippen molar-refractivity contribution in [2.24, 2.45) is 7.05 Å². The summed E-state index contributed by atoms with van der Waals surface area (Å²) in [5.41, 5.74) is -0.833. The van der Waals surface area contributed by atoms with Gasteiger partial charge in [0.1, 0.15) is 17.2 Å². The number of nitrogens with zero attached hydrogens (tertiary/aromatic N) is 4. The van der Waals surface area contributed by atoms with E-state index in [0.717, 1.165) is 43.1 Å². The number of benzene rings is 1. The van der Waals surface area contributed by atoms with Crippen molar-refractivity contribution in [1.29, 1.82) is 0 Å². The Kier molecular flexibility index (Phi) is 6.85. The van der Waals surface area contributed by atoms with Gasteiger partial charge in [-0.25, -0.2) is 9.97 Å². The van der Waals surface area contributed by atoms with Crippen molar-refractivity contribution in [1.82, 2.24) is 19.4 Å². The number of carbonyl (C=O) groups is 1. The molecule has 1 aliphatic rings. The number of hydrogen-bond donors (Lipinski definition) is 2. The summed E-state index contributed by atoms with van der Waals surface area (Å²) in [5, 5.41) is 13.4. The number of aromatic nitrogens is 3. The zero-order valence-corrected chi connectivity index (χ0v) is 19.8. The summed E-state index contributed by atoms with van der Waals surface area (Å²) in [4.78, 5) is 23.3. The third kappa shape index (κ3) is 5.63.